The number of aryl methyl sites for hydroxylation is 2. The lowest BCUT2D eigenvalue weighted by molar-refractivity contribution is 0.0629. The number of carbonyl (C=O) groups excluding carboxylic acids is 1. The summed E-state index contributed by atoms with van der Waals surface area (Å²) in [5, 5.41) is 15.8. The topological polar surface area (TPSA) is 63.9 Å². The Morgan fingerprint density at radius 2 is 2.09 bits per heavy atom. The highest BCUT2D eigenvalue weighted by molar-refractivity contribution is 7.16. The van der Waals surface area contributed by atoms with Gasteiger partial charge in [-0.05, 0) is 61.5 Å². The summed E-state index contributed by atoms with van der Waals surface area (Å²) in [5.74, 6) is -0.441. The van der Waals surface area contributed by atoms with Gasteiger partial charge < -0.3 is 4.90 Å². The molecule has 0 saturated carbocycles. The van der Waals surface area contributed by atoms with Crippen molar-refractivity contribution in [3.05, 3.63) is 74.4 Å². The molecule has 2 atom stereocenters. The van der Waals surface area contributed by atoms with E-state index in [1.54, 1.807) is 22.1 Å². The first-order valence-electron chi connectivity index (χ1n) is 10.3. The molecule has 0 bridgehead atoms. The van der Waals surface area contributed by atoms with Gasteiger partial charge in [0.25, 0.3) is 5.91 Å². The summed E-state index contributed by atoms with van der Waals surface area (Å²) in [7, 11) is 1.90. The maximum absolute atomic E-state index is 13.6. The Balaban J connectivity index is 1.51. The molecule has 1 amide bonds. The van der Waals surface area contributed by atoms with Crippen LogP contribution in [0.2, 0.25) is 0 Å². The Hall–Kier alpha value is -2.91. The molecule has 9 heteroatoms. The number of benzene rings is 1. The van der Waals surface area contributed by atoms with E-state index < -0.39 is 0 Å². The predicted octanol–water partition coefficient (Wildman–Crippen LogP) is 4.97. The average Bonchev–Trinajstić information content (AvgIpc) is 3.51. The molecule has 0 radical (unpaired) electrons. The van der Waals surface area contributed by atoms with Gasteiger partial charge in [-0.25, -0.2) is 4.39 Å². The zero-order valence-electron chi connectivity index (χ0n) is 18.2. The number of carbonyl (C=O) groups is 1. The minimum atomic E-state index is -0.360. The Kier molecular flexibility index (Phi) is 4.98. The Bertz CT molecular complexity index is 1330. The maximum Gasteiger partial charge on any atom is 0.285 e. The van der Waals surface area contributed by atoms with E-state index in [2.05, 4.69) is 40.6 Å². The summed E-state index contributed by atoms with van der Waals surface area (Å²) < 4.78 is 15.3. The second-order valence-electron chi connectivity index (χ2n) is 8.42. The number of thiophene rings is 1. The smallest absolute Gasteiger partial charge is 0.285 e. The van der Waals surface area contributed by atoms with Gasteiger partial charge in [-0.15, -0.1) is 21.5 Å². The van der Waals surface area contributed by atoms with Gasteiger partial charge in [0.2, 0.25) is 5.01 Å². The minimum Gasteiger partial charge on any atom is -0.328 e. The van der Waals surface area contributed by atoms with Gasteiger partial charge in [-0.1, -0.05) is 11.3 Å². The van der Waals surface area contributed by atoms with Crippen molar-refractivity contribution in [3.63, 3.8) is 0 Å². The third-order valence-electron chi connectivity index (χ3n) is 6.23. The van der Waals surface area contributed by atoms with Crippen molar-refractivity contribution >= 4 is 28.6 Å². The van der Waals surface area contributed by atoms with E-state index >= 15 is 0 Å². The van der Waals surface area contributed by atoms with Crippen LogP contribution in [0.4, 0.5) is 4.39 Å². The van der Waals surface area contributed by atoms with E-state index in [1.807, 2.05) is 31.3 Å². The van der Waals surface area contributed by atoms with Crippen LogP contribution >= 0.6 is 22.7 Å². The highest BCUT2D eigenvalue weighted by atomic mass is 32.1. The van der Waals surface area contributed by atoms with E-state index in [-0.39, 0.29) is 23.2 Å². The summed E-state index contributed by atoms with van der Waals surface area (Å²) in [6.45, 7) is 6.57. The molecule has 6 nitrogen and oxygen atoms in total. The predicted molar refractivity (Wildman–Crippen MR) is 123 cm³/mol. The third kappa shape index (κ3) is 3.27. The summed E-state index contributed by atoms with van der Waals surface area (Å²) in [6, 6.07) is 6.57. The van der Waals surface area contributed by atoms with E-state index in [1.165, 1.54) is 28.3 Å². The molecule has 1 aliphatic heterocycles. The highest BCUT2D eigenvalue weighted by Gasteiger charge is 2.44. The SMILES string of the molecule is Cc1cc(F)ccc1-c1nnc(C(=O)N2C[C@](C)(c3cnn(C)c3)c3sccc3[C@@H]2C)s1. The summed E-state index contributed by atoms with van der Waals surface area (Å²) >= 11 is 2.97. The fourth-order valence-corrected chi connectivity index (χ4v) is 6.46. The van der Waals surface area contributed by atoms with E-state index in [9.17, 15) is 9.18 Å². The lowest BCUT2D eigenvalue weighted by Crippen LogP contribution is -2.48. The lowest BCUT2D eigenvalue weighted by Gasteiger charge is -2.43. The molecular weight excluding hydrogens is 445 g/mol. The number of hydrogen-bond acceptors (Lipinski definition) is 6. The number of aromatic nitrogens is 4. The van der Waals surface area contributed by atoms with Crippen molar-refractivity contribution < 1.29 is 9.18 Å². The standard InChI is InChI=1S/C23H22FN5OS2/c1-13-9-16(24)5-6-17(13)20-26-27-21(32-20)22(30)29-12-23(3,15-10-25-28(4)11-15)19-18(14(29)2)7-8-31-19/h5-11,14H,12H2,1-4H3/t14-,23+/m0/s1. The summed E-state index contributed by atoms with van der Waals surface area (Å²) in [5.41, 5.74) is 3.42. The van der Waals surface area contributed by atoms with Crippen LogP contribution in [-0.2, 0) is 12.5 Å². The molecule has 0 spiro atoms. The van der Waals surface area contributed by atoms with E-state index in [4.69, 9.17) is 0 Å². The van der Waals surface area contributed by atoms with Gasteiger partial charge in [-0.2, -0.15) is 5.10 Å². The van der Waals surface area contributed by atoms with E-state index in [0.29, 0.717) is 16.6 Å². The van der Waals surface area contributed by atoms with Crippen molar-refractivity contribution in [2.45, 2.75) is 32.2 Å². The van der Waals surface area contributed by atoms with Gasteiger partial charge >= 0.3 is 0 Å². The second kappa shape index (κ2) is 7.60. The molecular formula is C23H22FN5OS2. The van der Waals surface area contributed by atoms with E-state index in [0.717, 1.165) is 22.3 Å². The largest absolute Gasteiger partial charge is 0.328 e. The number of rotatable bonds is 3. The van der Waals surface area contributed by atoms with Crippen LogP contribution in [0.25, 0.3) is 10.6 Å². The van der Waals surface area contributed by atoms with Gasteiger partial charge in [0.15, 0.2) is 0 Å². The minimum absolute atomic E-state index is 0.0756. The first kappa shape index (κ1) is 21.0. The van der Waals surface area contributed by atoms with Crippen LogP contribution in [0.3, 0.4) is 0 Å². The molecule has 4 aromatic rings. The number of halogens is 1. The van der Waals surface area contributed by atoms with Crippen molar-refractivity contribution in [2.24, 2.45) is 7.05 Å². The molecule has 0 N–H and O–H groups in total. The van der Waals surface area contributed by atoms with Crippen LogP contribution in [0.1, 0.15) is 51.3 Å². The number of nitrogens with zero attached hydrogens (tertiary/aromatic N) is 5. The van der Waals surface area contributed by atoms with Crippen molar-refractivity contribution in [2.75, 3.05) is 6.54 Å². The fourth-order valence-electron chi connectivity index (χ4n) is 4.40. The van der Waals surface area contributed by atoms with Crippen molar-refractivity contribution in [1.29, 1.82) is 0 Å². The first-order chi connectivity index (χ1) is 15.3. The van der Waals surface area contributed by atoms with Crippen LogP contribution in [0.15, 0.2) is 42.0 Å². The van der Waals surface area contributed by atoms with Gasteiger partial charge in [0, 0.05) is 41.2 Å². The number of amides is 1. The average molecular weight is 468 g/mol. The lowest BCUT2D eigenvalue weighted by atomic mass is 9.76. The maximum atomic E-state index is 13.6. The molecule has 32 heavy (non-hydrogen) atoms. The second-order valence-corrected chi connectivity index (χ2v) is 10.3. The van der Waals surface area contributed by atoms with Crippen LogP contribution in [-0.4, -0.2) is 37.3 Å². The molecule has 164 valence electrons. The number of hydrogen-bond donors (Lipinski definition) is 0. The van der Waals surface area contributed by atoms with Gasteiger partial charge in [0.1, 0.15) is 10.8 Å². The Morgan fingerprint density at radius 1 is 1.28 bits per heavy atom. The normalized spacial score (nSPS) is 20.4. The molecule has 1 aliphatic rings. The van der Waals surface area contributed by atoms with Crippen molar-refractivity contribution in [1.82, 2.24) is 24.9 Å². The van der Waals surface area contributed by atoms with Crippen LogP contribution < -0.4 is 0 Å². The molecule has 5 rings (SSSR count). The molecule has 0 fully saturated rings. The fraction of sp³-hybridized carbons (Fsp3) is 0.304. The summed E-state index contributed by atoms with van der Waals surface area (Å²) in [6.07, 6.45) is 3.89. The Morgan fingerprint density at radius 3 is 2.81 bits per heavy atom. The molecule has 0 saturated heterocycles. The quantitative estimate of drug-likeness (QED) is 0.427. The molecule has 0 aliphatic carbocycles. The highest BCUT2D eigenvalue weighted by Crippen LogP contribution is 2.46. The molecule has 3 aromatic heterocycles. The van der Waals surface area contributed by atoms with Crippen LogP contribution in [0.5, 0.6) is 0 Å². The van der Waals surface area contributed by atoms with Crippen molar-refractivity contribution in [3.8, 4) is 10.6 Å². The van der Waals surface area contributed by atoms with Crippen LogP contribution in [0, 0.1) is 12.7 Å². The zero-order valence-corrected chi connectivity index (χ0v) is 19.8. The zero-order chi connectivity index (χ0) is 22.6. The molecule has 4 heterocycles. The third-order valence-corrected chi connectivity index (χ3v) is 8.37. The molecule has 1 aromatic carbocycles. The molecule has 0 unspecified atom stereocenters. The monoisotopic (exact) mass is 467 g/mol. The van der Waals surface area contributed by atoms with Gasteiger partial charge in [-0.3, -0.25) is 9.48 Å². The first-order valence-corrected chi connectivity index (χ1v) is 12.0. The summed E-state index contributed by atoms with van der Waals surface area (Å²) in [4.78, 5) is 16.8. The van der Waals surface area contributed by atoms with Gasteiger partial charge in [0.05, 0.1) is 12.2 Å². The Labute approximate surface area is 193 Å². The number of fused-ring (bicyclic) bond motifs is 1.